The molecule has 3 aromatic rings. The molecule has 0 saturated carbocycles. The van der Waals surface area contributed by atoms with Crippen LogP contribution in [0.5, 0.6) is 0 Å². The molecule has 0 aliphatic rings. The van der Waals surface area contributed by atoms with Crippen LogP contribution in [0.1, 0.15) is 40.5 Å². The molecule has 192 valence electrons. The molecular weight excluding hydrogens is 515 g/mol. The number of aromatic nitrogens is 6. The molecule has 0 aliphatic heterocycles. The number of esters is 2. The van der Waals surface area contributed by atoms with E-state index in [2.05, 4.69) is 39.9 Å². The van der Waals surface area contributed by atoms with E-state index in [0.29, 0.717) is 5.82 Å². The number of methoxy groups -OCH3 is 2. The maximum Gasteiger partial charge on any atom is 0.356 e. The lowest BCUT2D eigenvalue weighted by Crippen LogP contribution is -2.12. The Bertz CT molecular complexity index is 1230. The molecule has 15 heteroatoms. The highest BCUT2D eigenvalue weighted by Gasteiger charge is 2.13. The number of allylic oxidation sites excluding steroid dienone is 2. The Morgan fingerprint density at radius 3 is 1.97 bits per heavy atom. The van der Waals surface area contributed by atoms with E-state index in [1.807, 2.05) is 19.9 Å². The monoisotopic (exact) mass is 538 g/mol. The Balaban J connectivity index is 0.000000302. The van der Waals surface area contributed by atoms with Gasteiger partial charge >= 0.3 is 11.9 Å². The largest absolute Gasteiger partial charge is 0.464 e. The summed E-state index contributed by atoms with van der Waals surface area (Å²) in [6, 6.07) is 4.61. The van der Waals surface area contributed by atoms with Gasteiger partial charge in [-0.05, 0) is 56.1 Å². The van der Waals surface area contributed by atoms with Crippen molar-refractivity contribution in [1.82, 2.24) is 29.7 Å². The van der Waals surface area contributed by atoms with Crippen molar-refractivity contribution >= 4 is 46.7 Å². The lowest BCUT2D eigenvalue weighted by molar-refractivity contribution is -0.112. The molecule has 0 saturated heterocycles. The maximum atomic E-state index is 11.4. The molecule has 0 radical (unpaired) electrons. The number of halogens is 2. The molecule has 36 heavy (non-hydrogen) atoms. The minimum absolute atomic E-state index is 0.0298. The fraction of sp³-hybridized carbons (Fsp3) is 0.238. The zero-order chi connectivity index (χ0) is 27.3. The van der Waals surface area contributed by atoms with E-state index in [0.717, 1.165) is 5.69 Å². The lowest BCUT2D eigenvalue weighted by Gasteiger charge is -2.05. The fourth-order valence-corrected chi connectivity index (χ4v) is 2.63. The van der Waals surface area contributed by atoms with Crippen molar-refractivity contribution in [3.05, 3.63) is 64.2 Å². The van der Waals surface area contributed by atoms with Crippen LogP contribution >= 0.6 is 23.2 Å². The van der Waals surface area contributed by atoms with Gasteiger partial charge in [-0.3, -0.25) is 4.79 Å². The number of hydrogen-bond donors (Lipinski definition) is 2. The SMILES string of the molecule is C/C=C/C(C)=O.COC(=O)c1cc(-n2nccc2C)nc(Cl)n1.COC(=O)c1cc(NN)nc(Cl)n1. The smallest absolute Gasteiger partial charge is 0.356 e. The summed E-state index contributed by atoms with van der Waals surface area (Å²) in [4.78, 5) is 47.4. The number of aryl methyl sites for hydroxylation is 1. The van der Waals surface area contributed by atoms with Crippen LogP contribution in [0.3, 0.4) is 0 Å². The number of hydrazine groups is 1. The van der Waals surface area contributed by atoms with Crippen LogP contribution in [-0.4, -0.2) is 61.7 Å². The minimum Gasteiger partial charge on any atom is -0.464 e. The number of ketones is 1. The van der Waals surface area contributed by atoms with E-state index >= 15 is 0 Å². The molecule has 0 bridgehead atoms. The predicted molar refractivity (Wildman–Crippen MR) is 132 cm³/mol. The second-order valence-corrected chi connectivity index (χ2v) is 7.09. The Labute approximate surface area is 216 Å². The van der Waals surface area contributed by atoms with Gasteiger partial charge in [0, 0.05) is 24.0 Å². The van der Waals surface area contributed by atoms with Crippen LogP contribution in [0.25, 0.3) is 5.82 Å². The quantitative estimate of drug-likeness (QED) is 0.160. The highest BCUT2D eigenvalue weighted by atomic mass is 35.5. The van der Waals surface area contributed by atoms with Crippen molar-refractivity contribution < 1.29 is 23.9 Å². The summed E-state index contributed by atoms with van der Waals surface area (Å²) < 4.78 is 10.6. The van der Waals surface area contributed by atoms with Crippen LogP contribution in [0.15, 0.2) is 36.5 Å². The van der Waals surface area contributed by atoms with Crippen molar-refractivity contribution in [3.8, 4) is 5.82 Å². The first-order chi connectivity index (χ1) is 17.1. The van der Waals surface area contributed by atoms with Gasteiger partial charge in [0.1, 0.15) is 5.82 Å². The molecule has 0 unspecified atom stereocenters. The normalized spacial score (nSPS) is 9.89. The Kier molecular flexibility index (Phi) is 12.7. The maximum absolute atomic E-state index is 11.4. The van der Waals surface area contributed by atoms with Crippen LogP contribution in [0.4, 0.5) is 5.82 Å². The molecule has 0 aromatic carbocycles. The van der Waals surface area contributed by atoms with Crippen LogP contribution < -0.4 is 11.3 Å². The summed E-state index contributed by atoms with van der Waals surface area (Å²) >= 11 is 11.3. The summed E-state index contributed by atoms with van der Waals surface area (Å²) in [5.41, 5.74) is 3.26. The number of nitrogens with two attached hydrogens (primary N) is 1. The number of nitrogen functional groups attached to an aromatic ring is 1. The molecule has 13 nitrogen and oxygen atoms in total. The predicted octanol–water partition coefficient (Wildman–Crippen LogP) is 2.76. The first-order valence-electron chi connectivity index (χ1n) is 9.92. The highest BCUT2D eigenvalue weighted by Crippen LogP contribution is 2.13. The first-order valence-corrected chi connectivity index (χ1v) is 10.7. The number of anilines is 1. The summed E-state index contributed by atoms with van der Waals surface area (Å²) in [5, 5.41) is 3.97. The molecule has 0 spiro atoms. The molecule has 0 amide bonds. The summed E-state index contributed by atoms with van der Waals surface area (Å²) in [6.07, 6.45) is 4.88. The van der Waals surface area contributed by atoms with E-state index in [1.54, 1.807) is 17.0 Å². The van der Waals surface area contributed by atoms with E-state index in [9.17, 15) is 14.4 Å². The number of carbonyl (C=O) groups excluding carboxylic acids is 3. The lowest BCUT2D eigenvalue weighted by atomic mass is 10.4. The average Bonchev–Trinajstić information content (AvgIpc) is 3.28. The zero-order valence-electron chi connectivity index (χ0n) is 20.0. The topological polar surface area (TPSA) is 177 Å². The van der Waals surface area contributed by atoms with Crippen molar-refractivity contribution in [2.24, 2.45) is 5.84 Å². The third kappa shape index (κ3) is 9.74. The van der Waals surface area contributed by atoms with Gasteiger partial charge in [0.25, 0.3) is 0 Å². The molecule has 0 atom stereocenters. The molecule has 3 aromatic heterocycles. The van der Waals surface area contributed by atoms with Gasteiger partial charge in [-0.1, -0.05) is 6.08 Å². The number of carbonyl (C=O) groups is 3. The van der Waals surface area contributed by atoms with Crippen molar-refractivity contribution in [2.45, 2.75) is 20.8 Å². The van der Waals surface area contributed by atoms with Crippen LogP contribution in [0, 0.1) is 6.92 Å². The Morgan fingerprint density at radius 1 is 1.00 bits per heavy atom. The van der Waals surface area contributed by atoms with E-state index in [4.69, 9.17) is 29.0 Å². The number of nitrogens with one attached hydrogen (secondary N) is 1. The van der Waals surface area contributed by atoms with Gasteiger partial charge in [0.2, 0.25) is 10.6 Å². The molecule has 3 N–H and O–H groups in total. The van der Waals surface area contributed by atoms with E-state index in [1.165, 1.54) is 39.4 Å². The van der Waals surface area contributed by atoms with Gasteiger partial charge in [0.05, 0.1) is 14.2 Å². The summed E-state index contributed by atoms with van der Waals surface area (Å²) in [5.74, 6) is 4.70. The van der Waals surface area contributed by atoms with Crippen molar-refractivity contribution in [2.75, 3.05) is 19.6 Å². The highest BCUT2D eigenvalue weighted by molar-refractivity contribution is 6.28. The standard InChI is InChI=1S/C10H9ClN4O2.C6H7ClN4O2.C5H8O/c1-6-3-4-12-15(6)8-5-7(9(16)17-2)13-10(11)14-8;1-13-5(12)3-2-4(11-8)10-6(7)9-3;1-3-4-5(2)6/h3-5H,1-2H3;2H,8H2,1H3,(H,9,10,11);3-4H,1-2H3/b;;4-3+. The minimum atomic E-state index is -0.596. The van der Waals surface area contributed by atoms with Crippen LogP contribution in [-0.2, 0) is 14.3 Å². The zero-order valence-corrected chi connectivity index (χ0v) is 21.5. The van der Waals surface area contributed by atoms with Crippen molar-refractivity contribution in [1.29, 1.82) is 0 Å². The first kappa shape index (κ1) is 30.1. The molecule has 3 rings (SSSR count). The number of rotatable bonds is 5. The fourth-order valence-electron chi connectivity index (χ4n) is 2.27. The average molecular weight is 539 g/mol. The van der Waals surface area contributed by atoms with Crippen molar-refractivity contribution in [3.63, 3.8) is 0 Å². The van der Waals surface area contributed by atoms with Gasteiger partial charge in [-0.25, -0.2) is 30.1 Å². The third-order valence-corrected chi connectivity index (χ3v) is 4.11. The second kappa shape index (κ2) is 15.1. The van der Waals surface area contributed by atoms with E-state index in [-0.39, 0.29) is 33.6 Å². The third-order valence-electron chi connectivity index (χ3n) is 3.77. The van der Waals surface area contributed by atoms with Crippen LogP contribution in [0.2, 0.25) is 10.6 Å². The number of nitrogens with zero attached hydrogens (tertiary/aromatic N) is 6. The summed E-state index contributed by atoms with van der Waals surface area (Å²) in [6.45, 7) is 5.21. The summed E-state index contributed by atoms with van der Waals surface area (Å²) in [7, 11) is 2.52. The Morgan fingerprint density at radius 2 is 1.56 bits per heavy atom. The molecular formula is C21H24Cl2N8O5. The van der Waals surface area contributed by atoms with Gasteiger partial charge < -0.3 is 14.9 Å². The number of hydrogen-bond acceptors (Lipinski definition) is 12. The van der Waals surface area contributed by atoms with Gasteiger partial charge in [0.15, 0.2) is 23.0 Å². The van der Waals surface area contributed by atoms with E-state index < -0.39 is 11.9 Å². The van der Waals surface area contributed by atoms with Gasteiger partial charge in [-0.2, -0.15) is 15.1 Å². The Hall–Kier alpha value is -3.94. The molecule has 3 heterocycles. The molecule has 0 fully saturated rings. The number of ether oxygens (including phenoxy) is 2. The second-order valence-electron chi connectivity index (χ2n) is 6.41. The van der Waals surface area contributed by atoms with Gasteiger partial charge in [-0.15, -0.1) is 0 Å². The molecule has 0 aliphatic carbocycles.